The van der Waals surface area contributed by atoms with Crippen molar-refractivity contribution in [2.24, 2.45) is 0 Å². The minimum absolute atomic E-state index is 0.0730. The first kappa shape index (κ1) is 12.7. The van der Waals surface area contributed by atoms with Crippen LogP contribution in [0, 0.1) is 3.57 Å². The van der Waals surface area contributed by atoms with E-state index in [1.54, 1.807) is 18.2 Å². The lowest BCUT2D eigenvalue weighted by Gasteiger charge is -2.10. The van der Waals surface area contributed by atoms with Gasteiger partial charge in [0.15, 0.2) is 0 Å². The Morgan fingerprint density at radius 2 is 2.00 bits per heavy atom. The smallest absolute Gasteiger partial charge is 0.134 e. The molecule has 0 aliphatic carbocycles. The highest BCUT2D eigenvalue weighted by atomic mass is 127. The van der Waals surface area contributed by atoms with Gasteiger partial charge in [-0.2, -0.15) is 0 Å². The van der Waals surface area contributed by atoms with E-state index < -0.39 is 0 Å². The minimum Gasteiger partial charge on any atom is -0.457 e. The summed E-state index contributed by atoms with van der Waals surface area (Å²) in [6.45, 7) is -0.0730. The Labute approximate surface area is 118 Å². The van der Waals surface area contributed by atoms with Gasteiger partial charge in [0.2, 0.25) is 0 Å². The summed E-state index contributed by atoms with van der Waals surface area (Å²) in [6, 6.07) is 12.9. The topological polar surface area (TPSA) is 29.5 Å². The van der Waals surface area contributed by atoms with Crippen LogP contribution in [0.15, 0.2) is 42.5 Å². The minimum atomic E-state index is -0.0730. The largest absolute Gasteiger partial charge is 0.457 e. The first-order valence-corrected chi connectivity index (χ1v) is 6.47. The average molecular weight is 361 g/mol. The molecule has 0 saturated heterocycles. The molecule has 2 nitrogen and oxygen atoms in total. The van der Waals surface area contributed by atoms with Crippen LogP contribution in [0.25, 0.3) is 0 Å². The van der Waals surface area contributed by atoms with Gasteiger partial charge in [-0.05, 0) is 52.9 Å². The molecule has 0 fully saturated rings. The summed E-state index contributed by atoms with van der Waals surface area (Å²) >= 11 is 8.13. The molecular weight excluding hydrogens is 350 g/mol. The average Bonchev–Trinajstić information content (AvgIpc) is 2.29. The fourth-order valence-corrected chi connectivity index (χ4v) is 2.09. The Balaban J connectivity index is 2.32. The molecule has 0 amide bonds. The van der Waals surface area contributed by atoms with Gasteiger partial charge in [-0.15, -0.1) is 0 Å². The molecule has 0 spiro atoms. The Morgan fingerprint density at radius 3 is 2.71 bits per heavy atom. The summed E-state index contributed by atoms with van der Waals surface area (Å²) in [7, 11) is 0. The summed E-state index contributed by atoms with van der Waals surface area (Å²) in [6.07, 6.45) is 0. The standard InChI is InChI=1S/C13H10ClIO2/c14-10-5-4-9(8-16)13(6-10)17-12-3-1-2-11(15)7-12/h1-7,16H,8H2. The Kier molecular flexibility index (Phi) is 4.25. The van der Waals surface area contributed by atoms with Gasteiger partial charge in [-0.25, -0.2) is 0 Å². The number of hydrogen-bond acceptors (Lipinski definition) is 2. The predicted octanol–water partition coefficient (Wildman–Crippen LogP) is 4.23. The second kappa shape index (κ2) is 5.71. The number of benzene rings is 2. The molecule has 2 aromatic carbocycles. The van der Waals surface area contributed by atoms with E-state index in [9.17, 15) is 5.11 Å². The molecule has 0 heterocycles. The highest BCUT2D eigenvalue weighted by Gasteiger charge is 2.05. The van der Waals surface area contributed by atoms with E-state index in [2.05, 4.69) is 22.6 Å². The Bertz CT molecular complexity index is 529. The Hall–Kier alpha value is -0.780. The molecule has 4 heteroatoms. The summed E-state index contributed by atoms with van der Waals surface area (Å²) in [4.78, 5) is 0. The first-order valence-electron chi connectivity index (χ1n) is 5.02. The summed E-state index contributed by atoms with van der Waals surface area (Å²) in [5.41, 5.74) is 0.716. The van der Waals surface area contributed by atoms with E-state index in [0.29, 0.717) is 16.3 Å². The highest BCUT2D eigenvalue weighted by molar-refractivity contribution is 14.1. The number of ether oxygens (including phenoxy) is 1. The van der Waals surface area contributed by atoms with E-state index in [-0.39, 0.29) is 6.61 Å². The molecule has 0 unspecified atom stereocenters. The van der Waals surface area contributed by atoms with Crippen LogP contribution in [0.2, 0.25) is 5.02 Å². The van der Waals surface area contributed by atoms with Gasteiger partial charge in [0.1, 0.15) is 11.5 Å². The number of rotatable bonds is 3. The SMILES string of the molecule is OCc1ccc(Cl)cc1Oc1cccc(I)c1. The third kappa shape index (κ3) is 3.34. The lowest BCUT2D eigenvalue weighted by atomic mass is 10.2. The third-order valence-corrected chi connectivity index (χ3v) is 3.13. The zero-order chi connectivity index (χ0) is 12.3. The zero-order valence-corrected chi connectivity index (χ0v) is 11.8. The monoisotopic (exact) mass is 360 g/mol. The van der Waals surface area contributed by atoms with Crippen molar-refractivity contribution in [3.8, 4) is 11.5 Å². The predicted molar refractivity (Wildman–Crippen MR) is 76.6 cm³/mol. The van der Waals surface area contributed by atoms with Gasteiger partial charge < -0.3 is 9.84 Å². The maximum Gasteiger partial charge on any atom is 0.134 e. The van der Waals surface area contributed by atoms with E-state index >= 15 is 0 Å². The molecule has 0 atom stereocenters. The van der Waals surface area contributed by atoms with E-state index in [0.717, 1.165) is 9.32 Å². The second-order valence-electron chi connectivity index (χ2n) is 3.47. The first-order chi connectivity index (χ1) is 8.19. The molecule has 17 heavy (non-hydrogen) atoms. The van der Waals surface area contributed by atoms with Crippen molar-refractivity contribution >= 4 is 34.2 Å². The van der Waals surface area contributed by atoms with Crippen LogP contribution in [0.3, 0.4) is 0 Å². The van der Waals surface area contributed by atoms with Crippen molar-refractivity contribution in [3.05, 3.63) is 56.6 Å². The van der Waals surface area contributed by atoms with Crippen LogP contribution in [0.4, 0.5) is 0 Å². The Morgan fingerprint density at radius 1 is 1.18 bits per heavy atom. The molecule has 0 aliphatic heterocycles. The maximum atomic E-state index is 9.22. The molecule has 2 rings (SSSR count). The highest BCUT2D eigenvalue weighted by Crippen LogP contribution is 2.29. The molecule has 2 aromatic rings. The van der Waals surface area contributed by atoms with Crippen molar-refractivity contribution in [1.82, 2.24) is 0 Å². The molecule has 0 aromatic heterocycles. The van der Waals surface area contributed by atoms with Gasteiger partial charge in [0, 0.05) is 14.2 Å². The fourth-order valence-electron chi connectivity index (χ4n) is 1.41. The van der Waals surface area contributed by atoms with Crippen molar-refractivity contribution < 1.29 is 9.84 Å². The second-order valence-corrected chi connectivity index (χ2v) is 5.15. The van der Waals surface area contributed by atoms with Gasteiger partial charge in [0.05, 0.1) is 6.61 Å². The zero-order valence-electron chi connectivity index (χ0n) is 8.86. The van der Waals surface area contributed by atoms with Crippen LogP contribution in [0.5, 0.6) is 11.5 Å². The fraction of sp³-hybridized carbons (Fsp3) is 0.0769. The molecule has 0 aliphatic rings. The number of halogens is 2. The van der Waals surface area contributed by atoms with Crippen LogP contribution < -0.4 is 4.74 Å². The van der Waals surface area contributed by atoms with E-state index in [1.165, 1.54) is 0 Å². The van der Waals surface area contributed by atoms with Gasteiger partial charge in [0.25, 0.3) is 0 Å². The maximum absolute atomic E-state index is 9.22. The van der Waals surface area contributed by atoms with Crippen molar-refractivity contribution in [3.63, 3.8) is 0 Å². The quantitative estimate of drug-likeness (QED) is 0.830. The lowest BCUT2D eigenvalue weighted by molar-refractivity contribution is 0.276. The van der Waals surface area contributed by atoms with Crippen molar-refractivity contribution in [1.29, 1.82) is 0 Å². The molecule has 1 N–H and O–H groups in total. The third-order valence-electron chi connectivity index (χ3n) is 2.22. The van der Waals surface area contributed by atoms with Crippen LogP contribution in [0.1, 0.15) is 5.56 Å². The van der Waals surface area contributed by atoms with Gasteiger partial charge in [-0.3, -0.25) is 0 Å². The molecule has 88 valence electrons. The molecule has 0 bridgehead atoms. The molecule has 0 radical (unpaired) electrons. The van der Waals surface area contributed by atoms with Gasteiger partial charge >= 0.3 is 0 Å². The molecule has 0 saturated carbocycles. The van der Waals surface area contributed by atoms with Crippen LogP contribution in [-0.2, 0) is 6.61 Å². The van der Waals surface area contributed by atoms with Crippen molar-refractivity contribution in [2.45, 2.75) is 6.61 Å². The van der Waals surface area contributed by atoms with Crippen LogP contribution in [-0.4, -0.2) is 5.11 Å². The van der Waals surface area contributed by atoms with Crippen molar-refractivity contribution in [2.75, 3.05) is 0 Å². The normalized spacial score (nSPS) is 10.3. The summed E-state index contributed by atoms with van der Waals surface area (Å²) < 4.78 is 6.80. The number of aliphatic hydroxyl groups excluding tert-OH is 1. The summed E-state index contributed by atoms with van der Waals surface area (Å²) in [5, 5.41) is 9.80. The van der Waals surface area contributed by atoms with Gasteiger partial charge in [-0.1, -0.05) is 23.7 Å². The number of hydrogen-bond donors (Lipinski definition) is 1. The number of aliphatic hydroxyl groups is 1. The van der Waals surface area contributed by atoms with E-state index in [4.69, 9.17) is 16.3 Å². The van der Waals surface area contributed by atoms with Crippen LogP contribution >= 0.6 is 34.2 Å². The summed E-state index contributed by atoms with van der Waals surface area (Å²) in [5.74, 6) is 1.32. The van der Waals surface area contributed by atoms with E-state index in [1.807, 2.05) is 24.3 Å². The lowest BCUT2D eigenvalue weighted by Crippen LogP contribution is -1.91. The molecular formula is C13H10ClIO2.